The summed E-state index contributed by atoms with van der Waals surface area (Å²) in [7, 11) is 1.51. The van der Waals surface area contributed by atoms with Gasteiger partial charge in [0.1, 0.15) is 0 Å². The Morgan fingerprint density at radius 1 is 0.923 bits per heavy atom. The Morgan fingerprint density at radius 2 is 1.73 bits per heavy atom. The van der Waals surface area contributed by atoms with Gasteiger partial charge in [0.15, 0.2) is 0 Å². The van der Waals surface area contributed by atoms with Gasteiger partial charge in [-0.2, -0.15) is 0 Å². The predicted octanol–water partition coefficient (Wildman–Crippen LogP) is 6.38. The van der Waals surface area contributed by atoms with Crippen LogP contribution in [0.2, 0.25) is 0 Å². The molecule has 7 atom stereocenters. The Hall–Kier alpha value is -0.530. The van der Waals surface area contributed by atoms with E-state index in [0.717, 1.165) is 36.0 Å². The maximum Gasteiger partial charge on any atom is 0.305 e. The number of ether oxygens (including phenoxy) is 1. The molecule has 0 aromatic rings. The molecular weight excluding hydrogens is 320 g/mol. The summed E-state index contributed by atoms with van der Waals surface area (Å²) in [6.45, 7) is 5.30. The maximum atomic E-state index is 11.5. The molecule has 0 heterocycles. The Bertz CT molecular complexity index is 528. The van der Waals surface area contributed by atoms with Gasteiger partial charge in [-0.25, -0.2) is 0 Å². The van der Waals surface area contributed by atoms with Gasteiger partial charge >= 0.3 is 5.97 Å². The molecule has 0 N–H and O–H groups in total. The van der Waals surface area contributed by atoms with E-state index in [1.165, 1.54) is 77.7 Å². The summed E-state index contributed by atoms with van der Waals surface area (Å²) in [6, 6.07) is 0. The maximum absolute atomic E-state index is 11.5. The Kier molecular flexibility index (Phi) is 5.16. The van der Waals surface area contributed by atoms with Crippen molar-refractivity contribution in [3.05, 3.63) is 0 Å². The number of carbonyl (C=O) groups excluding carboxylic acids is 1. The van der Waals surface area contributed by atoms with E-state index in [-0.39, 0.29) is 5.97 Å². The van der Waals surface area contributed by atoms with Gasteiger partial charge in [-0.05, 0) is 105 Å². The molecule has 4 aliphatic carbocycles. The highest BCUT2D eigenvalue weighted by Gasteiger charge is 2.59. The van der Waals surface area contributed by atoms with Crippen LogP contribution < -0.4 is 0 Å². The fraction of sp³-hybridized carbons (Fsp3) is 0.958. The van der Waals surface area contributed by atoms with Gasteiger partial charge in [0.25, 0.3) is 0 Å². The van der Waals surface area contributed by atoms with E-state index in [9.17, 15) is 4.79 Å². The molecule has 2 heteroatoms. The molecule has 0 bridgehead atoms. The lowest BCUT2D eigenvalue weighted by atomic mass is 9.45. The zero-order valence-electron chi connectivity index (χ0n) is 17.4. The van der Waals surface area contributed by atoms with E-state index in [4.69, 9.17) is 4.74 Å². The third kappa shape index (κ3) is 2.94. The molecule has 2 nitrogen and oxygen atoms in total. The van der Waals surface area contributed by atoms with Crippen LogP contribution in [0.25, 0.3) is 0 Å². The number of hydrogen-bond acceptors (Lipinski definition) is 2. The molecule has 26 heavy (non-hydrogen) atoms. The highest BCUT2D eigenvalue weighted by atomic mass is 16.5. The number of methoxy groups -OCH3 is 1. The molecule has 148 valence electrons. The van der Waals surface area contributed by atoms with E-state index in [2.05, 4.69) is 13.8 Å². The molecule has 3 unspecified atom stereocenters. The molecule has 4 fully saturated rings. The second kappa shape index (κ2) is 7.13. The van der Waals surface area contributed by atoms with E-state index in [0.29, 0.717) is 17.3 Å². The third-order valence-corrected chi connectivity index (χ3v) is 9.94. The average molecular weight is 361 g/mol. The minimum atomic E-state index is -0.0306. The summed E-state index contributed by atoms with van der Waals surface area (Å²) in [5.41, 5.74) is 1.21. The van der Waals surface area contributed by atoms with Gasteiger partial charge in [-0.3, -0.25) is 4.79 Å². The van der Waals surface area contributed by atoms with Gasteiger partial charge in [0.05, 0.1) is 7.11 Å². The second-order valence-electron chi connectivity index (χ2n) is 10.7. The number of fused-ring (bicyclic) bond motifs is 5. The van der Waals surface area contributed by atoms with E-state index >= 15 is 0 Å². The summed E-state index contributed by atoms with van der Waals surface area (Å²) in [5, 5.41) is 0. The first-order chi connectivity index (χ1) is 12.5. The SMILES string of the molecule is COC(=O)CCCC1CCC2[C@@H]3CC[C@@H]4CCCC[C@]4(C)C3CC[C@]12C. The van der Waals surface area contributed by atoms with Gasteiger partial charge in [0.2, 0.25) is 0 Å². The molecule has 0 amide bonds. The summed E-state index contributed by atoms with van der Waals surface area (Å²) in [6.07, 6.45) is 17.7. The van der Waals surface area contributed by atoms with Crippen molar-refractivity contribution < 1.29 is 9.53 Å². The van der Waals surface area contributed by atoms with Crippen LogP contribution in [-0.2, 0) is 9.53 Å². The molecule has 0 radical (unpaired) electrons. The van der Waals surface area contributed by atoms with Crippen LogP contribution in [0.4, 0.5) is 0 Å². The first-order valence-electron chi connectivity index (χ1n) is 11.6. The summed E-state index contributed by atoms with van der Waals surface area (Å²) < 4.78 is 4.84. The lowest BCUT2D eigenvalue weighted by Gasteiger charge is -2.60. The van der Waals surface area contributed by atoms with E-state index < -0.39 is 0 Å². The first-order valence-corrected chi connectivity index (χ1v) is 11.6. The summed E-state index contributed by atoms with van der Waals surface area (Å²) in [5.74, 6) is 4.81. The number of esters is 1. The van der Waals surface area contributed by atoms with Crippen molar-refractivity contribution in [1.29, 1.82) is 0 Å². The fourth-order valence-electron chi connectivity index (χ4n) is 8.47. The van der Waals surface area contributed by atoms with Crippen LogP contribution in [-0.4, -0.2) is 13.1 Å². The topological polar surface area (TPSA) is 26.3 Å². The van der Waals surface area contributed by atoms with Crippen LogP contribution in [0.15, 0.2) is 0 Å². The predicted molar refractivity (Wildman–Crippen MR) is 106 cm³/mol. The smallest absolute Gasteiger partial charge is 0.305 e. The van der Waals surface area contributed by atoms with Gasteiger partial charge in [0, 0.05) is 6.42 Å². The molecule has 0 spiro atoms. The van der Waals surface area contributed by atoms with Crippen LogP contribution in [0.3, 0.4) is 0 Å². The average Bonchev–Trinajstić information content (AvgIpc) is 2.97. The van der Waals surface area contributed by atoms with Crippen molar-refractivity contribution in [2.45, 2.75) is 97.3 Å². The quantitative estimate of drug-likeness (QED) is 0.544. The van der Waals surface area contributed by atoms with Crippen molar-refractivity contribution in [3.8, 4) is 0 Å². The van der Waals surface area contributed by atoms with Crippen LogP contribution in [0.5, 0.6) is 0 Å². The molecule has 4 saturated carbocycles. The normalized spacial score (nSPS) is 47.6. The van der Waals surface area contributed by atoms with Crippen LogP contribution >= 0.6 is 0 Å². The first kappa shape index (κ1) is 18.8. The molecule has 0 aromatic heterocycles. The molecule has 0 aromatic carbocycles. The summed E-state index contributed by atoms with van der Waals surface area (Å²) >= 11 is 0. The van der Waals surface area contributed by atoms with E-state index in [1.807, 2.05) is 0 Å². The monoisotopic (exact) mass is 360 g/mol. The van der Waals surface area contributed by atoms with Gasteiger partial charge < -0.3 is 4.74 Å². The zero-order chi connectivity index (χ0) is 18.4. The fourth-order valence-corrected chi connectivity index (χ4v) is 8.47. The lowest BCUT2D eigenvalue weighted by molar-refractivity contribution is -0.140. The molecule has 0 saturated heterocycles. The Morgan fingerprint density at radius 3 is 2.54 bits per heavy atom. The van der Waals surface area contributed by atoms with Crippen molar-refractivity contribution in [2.24, 2.45) is 40.4 Å². The molecule has 0 aliphatic heterocycles. The van der Waals surface area contributed by atoms with Crippen LogP contribution in [0, 0.1) is 40.4 Å². The number of hydrogen-bond donors (Lipinski definition) is 0. The van der Waals surface area contributed by atoms with Crippen molar-refractivity contribution in [3.63, 3.8) is 0 Å². The largest absolute Gasteiger partial charge is 0.469 e. The second-order valence-corrected chi connectivity index (χ2v) is 10.7. The lowest BCUT2D eigenvalue weighted by Crippen LogP contribution is -2.52. The number of carbonyl (C=O) groups is 1. The van der Waals surface area contributed by atoms with Gasteiger partial charge in [-0.1, -0.05) is 26.7 Å². The highest BCUT2D eigenvalue weighted by molar-refractivity contribution is 5.68. The molecule has 4 aliphatic rings. The van der Waals surface area contributed by atoms with Crippen LogP contribution in [0.1, 0.15) is 97.3 Å². The van der Waals surface area contributed by atoms with Crippen molar-refractivity contribution >= 4 is 5.97 Å². The van der Waals surface area contributed by atoms with Crippen molar-refractivity contribution in [1.82, 2.24) is 0 Å². The van der Waals surface area contributed by atoms with Crippen molar-refractivity contribution in [2.75, 3.05) is 7.11 Å². The summed E-state index contributed by atoms with van der Waals surface area (Å²) in [4.78, 5) is 11.5. The minimum absolute atomic E-state index is 0.0306. The van der Waals surface area contributed by atoms with Gasteiger partial charge in [-0.15, -0.1) is 0 Å². The molecule has 4 rings (SSSR count). The zero-order valence-corrected chi connectivity index (χ0v) is 17.4. The highest BCUT2D eigenvalue weighted by Crippen LogP contribution is 2.67. The Labute approximate surface area is 160 Å². The number of rotatable bonds is 4. The third-order valence-electron chi connectivity index (χ3n) is 9.94. The Balaban J connectivity index is 1.45. The van der Waals surface area contributed by atoms with E-state index in [1.54, 1.807) is 0 Å². The standard InChI is InChI=1S/C24H40O2/c1-23-15-5-4-7-17(23)10-12-19-20-13-11-18(8-6-9-22(25)26-3)24(20,2)16-14-21(19)23/h17-21H,4-16H2,1-3H3/t17-,18?,19-,20?,21?,23-,24+/m0/s1. The molecular formula is C24H40O2. The minimum Gasteiger partial charge on any atom is -0.469 e.